The SMILES string of the molecule is CCOc1cc(/C=N\NC(=O)c2ccc(N3CCCC3)cc2)cc(Cl)c1OCC(=O)Nc1ccc(C)cc1. The molecule has 1 aliphatic rings. The fourth-order valence-corrected chi connectivity index (χ4v) is 4.34. The molecule has 1 heterocycles. The minimum absolute atomic E-state index is 0.242. The van der Waals surface area contributed by atoms with E-state index in [-0.39, 0.29) is 29.2 Å². The summed E-state index contributed by atoms with van der Waals surface area (Å²) in [6, 6.07) is 18.3. The Kier molecular flexibility index (Phi) is 9.21. The average Bonchev–Trinajstić information content (AvgIpc) is 3.45. The molecule has 1 aliphatic heterocycles. The van der Waals surface area contributed by atoms with Crippen molar-refractivity contribution in [3.05, 3.63) is 82.4 Å². The monoisotopic (exact) mass is 534 g/mol. The molecule has 0 saturated carbocycles. The number of ether oxygens (including phenoxy) is 2. The van der Waals surface area contributed by atoms with Crippen molar-refractivity contribution in [1.82, 2.24) is 5.43 Å². The molecule has 38 heavy (non-hydrogen) atoms. The number of hydrazone groups is 1. The number of hydrogen-bond acceptors (Lipinski definition) is 6. The van der Waals surface area contributed by atoms with Crippen molar-refractivity contribution in [2.45, 2.75) is 26.7 Å². The van der Waals surface area contributed by atoms with Gasteiger partial charge < -0.3 is 19.7 Å². The molecule has 198 valence electrons. The summed E-state index contributed by atoms with van der Waals surface area (Å²) in [5.41, 5.74) is 6.55. The van der Waals surface area contributed by atoms with Gasteiger partial charge in [0.25, 0.3) is 11.8 Å². The number of benzene rings is 3. The van der Waals surface area contributed by atoms with Crippen LogP contribution >= 0.6 is 11.6 Å². The van der Waals surface area contributed by atoms with Crippen LogP contribution < -0.4 is 25.1 Å². The maximum absolute atomic E-state index is 12.5. The number of carbonyl (C=O) groups is 2. The fourth-order valence-electron chi connectivity index (χ4n) is 4.07. The third kappa shape index (κ3) is 7.26. The molecule has 3 aromatic carbocycles. The van der Waals surface area contributed by atoms with Gasteiger partial charge in [0.15, 0.2) is 18.1 Å². The van der Waals surface area contributed by atoms with Gasteiger partial charge in [0.2, 0.25) is 0 Å². The van der Waals surface area contributed by atoms with Crippen molar-refractivity contribution in [3.63, 3.8) is 0 Å². The van der Waals surface area contributed by atoms with E-state index >= 15 is 0 Å². The molecule has 1 fully saturated rings. The summed E-state index contributed by atoms with van der Waals surface area (Å²) >= 11 is 6.45. The van der Waals surface area contributed by atoms with Gasteiger partial charge >= 0.3 is 0 Å². The topological polar surface area (TPSA) is 92.3 Å². The van der Waals surface area contributed by atoms with E-state index in [2.05, 4.69) is 20.7 Å². The van der Waals surface area contributed by atoms with Crippen molar-refractivity contribution >= 4 is 41.0 Å². The van der Waals surface area contributed by atoms with E-state index in [1.54, 1.807) is 24.3 Å². The minimum atomic E-state index is -0.325. The second kappa shape index (κ2) is 13.0. The maximum Gasteiger partial charge on any atom is 0.271 e. The van der Waals surface area contributed by atoms with Gasteiger partial charge in [-0.3, -0.25) is 9.59 Å². The minimum Gasteiger partial charge on any atom is -0.490 e. The standard InChI is InChI=1S/C29H31ClN4O4/c1-3-37-26-17-21(16-25(30)28(26)38-19-27(35)32-23-10-6-20(2)7-11-23)18-31-33-29(36)22-8-12-24(13-9-22)34-14-4-5-15-34/h6-13,16-18H,3-5,14-15,19H2,1-2H3,(H,32,35)(H,33,36)/b31-18-. The van der Waals surface area contributed by atoms with Gasteiger partial charge in [0.05, 0.1) is 17.8 Å². The summed E-state index contributed by atoms with van der Waals surface area (Å²) in [6.45, 7) is 6.03. The van der Waals surface area contributed by atoms with Gasteiger partial charge in [-0.25, -0.2) is 5.43 Å². The van der Waals surface area contributed by atoms with E-state index in [4.69, 9.17) is 21.1 Å². The summed E-state index contributed by atoms with van der Waals surface area (Å²) < 4.78 is 11.4. The number of halogens is 1. The zero-order valence-electron chi connectivity index (χ0n) is 21.5. The van der Waals surface area contributed by atoms with Crippen LogP contribution in [-0.4, -0.2) is 44.3 Å². The van der Waals surface area contributed by atoms with Gasteiger partial charge in [0, 0.05) is 30.0 Å². The van der Waals surface area contributed by atoms with Crippen molar-refractivity contribution in [2.75, 3.05) is 36.5 Å². The Balaban J connectivity index is 1.36. The van der Waals surface area contributed by atoms with Gasteiger partial charge in [-0.2, -0.15) is 5.10 Å². The van der Waals surface area contributed by atoms with E-state index in [0.717, 1.165) is 24.3 Å². The van der Waals surface area contributed by atoms with Crippen LogP contribution in [0.25, 0.3) is 0 Å². The molecule has 0 spiro atoms. The number of carbonyl (C=O) groups excluding carboxylic acids is 2. The highest BCUT2D eigenvalue weighted by molar-refractivity contribution is 6.32. The normalized spacial score (nSPS) is 13.0. The lowest BCUT2D eigenvalue weighted by atomic mass is 10.2. The maximum atomic E-state index is 12.5. The van der Waals surface area contributed by atoms with Crippen LogP contribution in [0.4, 0.5) is 11.4 Å². The second-order valence-electron chi connectivity index (χ2n) is 8.91. The largest absolute Gasteiger partial charge is 0.490 e. The highest BCUT2D eigenvalue weighted by atomic mass is 35.5. The lowest BCUT2D eigenvalue weighted by Gasteiger charge is -2.17. The van der Waals surface area contributed by atoms with Gasteiger partial charge in [-0.1, -0.05) is 29.3 Å². The summed E-state index contributed by atoms with van der Waals surface area (Å²) in [6.07, 6.45) is 3.86. The first-order valence-corrected chi connectivity index (χ1v) is 12.9. The summed E-state index contributed by atoms with van der Waals surface area (Å²) in [7, 11) is 0. The second-order valence-corrected chi connectivity index (χ2v) is 9.31. The molecule has 0 atom stereocenters. The molecule has 8 nitrogen and oxygen atoms in total. The van der Waals surface area contributed by atoms with E-state index in [0.29, 0.717) is 29.2 Å². The van der Waals surface area contributed by atoms with Crippen LogP contribution in [0.1, 0.15) is 41.3 Å². The predicted octanol–water partition coefficient (Wildman–Crippen LogP) is 5.43. The highest BCUT2D eigenvalue weighted by Crippen LogP contribution is 2.36. The molecule has 0 radical (unpaired) electrons. The molecule has 4 rings (SSSR count). The number of rotatable bonds is 10. The van der Waals surface area contributed by atoms with E-state index < -0.39 is 0 Å². The van der Waals surface area contributed by atoms with Crippen LogP contribution in [0.3, 0.4) is 0 Å². The van der Waals surface area contributed by atoms with E-state index in [1.165, 1.54) is 19.1 Å². The third-order valence-electron chi connectivity index (χ3n) is 6.00. The van der Waals surface area contributed by atoms with Crippen molar-refractivity contribution in [2.24, 2.45) is 5.10 Å². The van der Waals surface area contributed by atoms with Crippen molar-refractivity contribution < 1.29 is 19.1 Å². The number of nitrogens with one attached hydrogen (secondary N) is 2. The average molecular weight is 535 g/mol. The van der Waals surface area contributed by atoms with E-state index in [1.807, 2.05) is 50.2 Å². The van der Waals surface area contributed by atoms with Gasteiger partial charge in [-0.05, 0) is 80.8 Å². The number of amides is 2. The zero-order chi connectivity index (χ0) is 26.9. The quantitative estimate of drug-likeness (QED) is 0.267. The zero-order valence-corrected chi connectivity index (χ0v) is 22.3. The molecule has 1 saturated heterocycles. The Labute approximate surface area is 227 Å². The summed E-state index contributed by atoms with van der Waals surface area (Å²) in [5.74, 6) is -0.0145. The van der Waals surface area contributed by atoms with Crippen LogP contribution in [0.2, 0.25) is 5.02 Å². The van der Waals surface area contributed by atoms with Gasteiger partial charge in [0.1, 0.15) is 0 Å². The molecule has 0 aromatic heterocycles. The molecule has 0 aliphatic carbocycles. The Morgan fingerprint density at radius 2 is 1.74 bits per heavy atom. The van der Waals surface area contributed by atoms with E-state index in [9.17, 15) is 9.59 Å². The smallest absolute Gasteiger partial charge is 0.271 e. The van der Waals surface area contributed by atoms with Crippen LogP contribution in [0, 0.1) is 6.92 Å². The van der Waals surface area contributed by atoms with Gasteiger partial charge in [-0.15, -0.1) is 0 Å². The number of hydrogen-bond donors (Lipinski definition) is 2. The van der Waals surface area contributed by atoms with Crippen LogP contribution in [-0.2, 0) is 4.79 Å². The first-order chi connectivity index (χ1) is 18.4. The molecule has 0 unspecified atom stereocenters. The Hall–Kier alpha value is -4.04. The number of aryl methyl sites for hydroxylation is 1. The number of nitrogens with zero attached hydrogens (tertiary/aromatic N) is 2. The fraction of sp³-hybridized carbons (Fsp3) is 0.276. The highest BCUT2D eigenvalue weighted by Gasteiger charge is 2.15. The Morgan fingerprint density at radius 1 is 1.03 bits per heavy atom. The summed E-state index contributed by atoms with van der Waals surface area (Å²) in [4.78, 5) is 27.2. The lowest BCUT2D eigenvalue weighted by Crippen LogP contribution is -2.20. The molecular weight excluding hydrogens is 504 g/mol. The first-order valence-electron chi connectivity index (χ1n) is 12.6. The van der Waals surface area contributed by atoms with Crippen molar-refractivity contribution in [1.29, 1.82) is 0 Å². The molecule has 2 amide bonds. The van der Waals surface area contributed by atoms with Crippen LogP contribution in [0.5, 0.6) is 11.5 Å². The Bertz CT molecular complexity index is 1290. The summed E-state index contributed by atoms with van der Waals surface area (Å²) in [5, 5.41) is 7.10. The lowest BCUT2D eigenvalue weighted by molar-refractivity contribution is -0.118. The molecule has 9 heteroatoms. The van der Waals surface area contributed by atoms with Crippen molar-refractivity contribution in [3.8, 4) is 11.5 Å². The predicted molar refractivity (Wildman–Crippen MR) is 151 cm³/mol. The molecule has 3 aromatic rings. The molecule has 2 N–H and O–H groups in total. The molecular formula is C29H31ClN4O4. The molecule has 0 bridgehead atoms. The van der Waals surface area contributed by atoms with Crippen LogP contribution in [0.15, 0.2) is 65.8 Å². The number of anilines is 2. The first kappa shape index (κ1) is 27.0. The third-order valence-corrected chi connectivity index (χ3v) is 6.28. The Morgan fingerprint density at radius 3 is 2.42 bits per heavy atom.